The third kappa shape index (κ3) is 12.0. The molecular formula is C35H57N3O6. The second kappa shape index (κ2) is 17.7. The zero-order chi connectivity index (χ0) is 32.0. The van der Waals surface area contributed by atoms with E-state index in [0.29, 0.717) is 26.1 Å². The summed E-state index contributed by atoms with van der Waals surface area (Å²) in [6, 6.07) is 9.72. The lowest BCUT2D eigenvalue weighted by Gasteiger charge is -2.44. The lowest BCUT2D eigenvalue weighted by molar-refractivity contribution is -0.304. The molecule has 0 aromatic heterocycles. The van der Waals surface area contributed by atoms with Crippen LogP contribution in [0.1, 0.15) is 117 Å². The standard InChI is InChI=1S/C35H57N3O6/c1-6-7-8-9-10-11-17-24-38(25-27-18-13-12-14-19-27)33(41)37-28-20-15-16-21-29(28)43-30(39)22-23-36-32(40)31-34(2,3)26-42-35(4,5)44-31/h12-14,18-19,28-29,31H,6-11,15-17,20-26H2,1-5H3,(H,36,40)(H,37,41)/t28-,29-,31?/m0/s1. The summed E-state index contributed by atoms with van der Waals surface area (Å²) < 4.78 is 17.5. The highest BCUT2D eigenvalue weighted by molar-refractivity contribution is 5.82. The topological polar surface area (TPSA) is 106 Å². The Morgan fingerprint density at radius 3 is 2.36 bits per heavy atom. The second-order valence-electron chi connectivity index (χ2n) is 13.6. The fourth-order valence-electron chi connectivity index (χ4n) is 5.90. The van der Waals surface area contributed by atoms with Crippen molar-refractivity contribution in [1.82, 2.24) is 15.5 Å². The van der Waals surface area contributed by atoms with Gasteiger partial charge in [0.05, 0.1) is 19.1 Å². The normalized spacial score (nSPS) is 22.5. The molecule has 44 heavy (non-hydrogen) atoms. The summed E-state index contributed by atoms with van der Waals surface area (Å²) in [5.74, 6) is -1.49. The molecule has 9 nitrogen and oxygen atoms in total. The number of ether oxygens (including phenoxy) is 3. The lowest BCUT2D eigenvalue weighted by atomic mass is 9.85. The predicted molar refractivity (Wildman–Crippen MR) is 172 cm³/mol. The van der Waals surface area contributed by atoms with Crippen LogP contribution in [-0.4, -0.2) is 66.5 Å². The molecule has 1 aliphatic heterocycles. The van der Waals surface area contributed by atoms with E-state index in [-0.39, 0.29) is 43.0 Å². The zero-order valence-corrected chi connectivity index (χ0v) is 27.8. The minimum Gasteiger partial charge on any atom is -0.460 e. The third-order valence-corrected chi connectivity index (χ3v) is 8.60. The van der Waals surface area contributed by atoms with Gasteiger partial charge in [0.2, 0.25) is 5.91 Å². The first-order valence-corrected chi connectivity index (χ1v) is 16.9. The molecule has 3 rings (SSSR count). The van der Waals surface area contributed by atoms with Crippen molar-refractivity contribution in [3.8, 4) is 0 Å². The van der Waals surface area contributed by atoms with Crippen molar-refractivity contribution < 1.29 is 28.6 Å². The molecule has 1 aromatic carbocycles. The number of nitrogens with one attached hydrogen (secondary N) is 2. The van der Waals surface area contributed by atoms with Crippen LogP contribution in [0, 0.1) is 5.41 Å². The SMILES string of the molecule is CCCCCCCCCN(Cc1ccccc1)C(=O)N[C@H]1CCCC[C@@H]1OC(=O)CCNC(=O)C1OC(C)(C)OCC1(C)C. The van der Waals surface area contributed by atoms with E-state index < -0.39 is 17.3 Å². The quantitative estimate of drug-likeness (QED) is 0.163. The molecule has 2 fully saturated rings. The molecule has 0 radical (unpaired) electrons. The van der Waals surface area contributed by atoms with E-state index in [1.54, 1.807) is 13.8 Å². The number of carbonyl (C=O) groups is 3. The van der Waals surface area contributed by atoms with Crippen molar-refractivity contribution in [2.45, 2.75) is 142 Å². The molecule has 1 aromatic rings. The van der Waals surface area contributed by atoms with Crippen molar-refractivity contribution in [2.75, 3.05) is 19.7 Å². The predicted octanol–water partition coefficient (Wildman–Crippen LogP) is 6.49. The van der Waals surface area contributed by atoms with Gasteiger partial charge in [0.1, 0.15) is 12.2 Å². The Kier molecular flexibility index (Phi) is 14.4. The van der Waals surface area contributed by atoms with Crippen LogP contribution in [0.25, 0.3) is 0 Å². The van der Waals surface area contributed by atoms with Crippen LogP contribution in [0.2, 0.25) is 0 Å². The van der Waals surface area contributed by atoms with Gasteiger partial charge in [-0.3, -0.25) is 9.59 Å². The second-order valence-corrected chi connectivity index (χ2v) is 13.6. The number of urea groups is 1. The molecule has 1 heterocycles. The van der Waals surface area contributed by atoms with E-state index >= 15 is 0 Å². The summed E-state index contributed by atoms with van der Waals surface area (Å²) in [6.45, 7) is 11.4. The van der Waals surface area contributed by atoms with Gasteiger partial charge < -0.3 is 29.7 Å². The maximum Gasteiger partial charge on any atom is 0.318 e. The number of esters is 1. The largest absolute Gasteiger partial charge is 0.460 e. The minimum absolute atomic E-state index is 0.0499. The van der Waals surface area contributed by atoms with Crippen molar-refractivity contribution >= 4 is 17.9 Å². The number of benzene rings is 1. The number of carbonyl (C=O) groups excluding carboxylic acids is 3. The summed E-state index contributed by atoms with van der Waals surface area (Å²) in [4.78, 5) is 41.2. The number of hydrogen-bond acceptors (Lipinski definition) is 6. The Bertz CT molecular complexity index is 1030. The average molecular weight is 616 g/mol. The Morgan fingerprint density at radius 2 is 1.64 bits per heavy atom. The van der Waals surface area contributed by atoms with E-state index in [1.807, 2.05) is 49.1 Å². The summed E-state index contributed by atoms with van der Waals surface area (Å²) in [6.07, 6.45) is 10.7. The molecule has 2 aliphatic rings. The minimum atomic E-state index is -0.845. The van der Waals surface area contributed by atoms with Crippen molar-refractivity contribution in [1.29, 1.82) is 0 Å². The molecule has 1 aliphatic carbocycles. The molecule has 1 saturated heterocycles. The molecular weight excluding hydrogens is 558 g/mol. The Balaban J connectivity index is 1.49. The first-order chi connectivity index (χ1) is 21.0. The number of hydrogen-bond donors (Lipinski definition) is 2. The number of nitrogens with zero attached hydrogens (tertiary/aromatic N) is 1. The van der Waals surface area contributed by atoms with Crippen molar-refractivity contribution in [3.63, 3.8) is 0 Å². The zero-order valence-electron chi connectivity index (χ0n) is 27.8. The molecule has 2 N–H and O–H groups in total. The molecule has 0 spiro atoms. The molecule has 9 heteroatoms. The first-order valence-electron chi connectivity index (χ1n) is 16.9. The Morgan fingerprint density at radius 1 is 0.955 bits per heavy atom. The summed E-state index contributed by atoms with van der Waals surface area (Å²) >= 11 is 0. The Labute approximate surface area is 265 Å². The van der Waals surface area contributed by atoms with E-state index in [1.165, 1.54) is 32.1 Å². The Hall–Kier alpha value is -2.65. The highest BCUT2D eigenvalue weighted by Gasteiger charge is 2.45. The van der Waals surface area contributed by atoms with Crippen LogP contribution in [0.15, 0.2) is 30.3 Å². The van der Waals surface area contributed by atoms with E-state index in [0.717, 1.165) is 37.7 Å². The maximum atomic E-state index is 13.6. The van der Waals surface area contributed by atoms with Crippen molar-refractivity contribution in [3.05, 3.63) is 35.9 Å². The maximum absolute atomic E-state index is 13.6. The van der Waals surface area contributed by atoms with Crippen LogP contribution >= 0.6 is 0 Å². The summed E-state index contributed by atoms with van der Waals surface area (Å²) in [7, 11) is 0. The molecule has 1 saturated carbocycles. The highest BCUT2D eigenvalue weighted by Crippen LogP contribution is 2.34. The third-order valence-electron chi connectivity index (χ3n) is 8.60. The number of amides is 3. The first kappa shape index (κ1) is 35.8. The monoisotopic (exact) mass is 615 g/mol. The van der Waals surface area contributed by atoms with Gasteiger partial charge in [0.15, 0.2) is 5.79 Å². The van der Waals surface area contributed by atoms with Crippen LogP contribution < -0.4 is 10.6 Å². The molecule has 0 bridgehead atoms. The van der Waals surface area contributed by atoms with E-state index in [2.05, 4.69) is 17.6 Å². The van der Waals surface area contributed by atoms with Gasteiger partial charge >= 0.3 is 12.0 Å². The molecule has 1 unspecified atom stereocenters. The van der Waals surface area contributed by atoms with Gasteiger partial charge in [-0.1, -0.05) is 96.0 Å². The fraction of sp³-hybridized carbons (Fsp3) is 0.743. The van der Waals surface area contributed by atoms with Crippen molar-refractivity contribution in [2.24, 2.45) is 5.41 Å². The van der Waals surface area contributed by atoms with Crippen LogP contribution in [0.4, 0.5) is 4.79 Å². The van der Waals surface area contributed by atoms with Gasteiger partial charge in [-0.25, -0.2) is 4.79 Å². The van der Waals surface area contributed by atoms with Gasteiger partial charge in [-0.2, -0.15) is 0 Å². The van der Waals surface area contributed by atoms with E-state index in [9.17, 15) is 14.4 Å². The highest BCUT2D eigenvalue weighted by atomic mass is 16.7. The average Bonchev–Trinajstić information content (AvgIpc) is 2.99. The van der Waals surface area contributed by atoms with Gasteiger partial charge in [0.25, 0.3) is 0 Å². The lowest BCUT2D eigenvalue weighted by Crippen LogP contribution is -2.56. The molecule has 3 amide bonds. The van der Waals surface area contributed by atoms with Crippen LogP contribution in [-0.2, 0) is 30.3 Å². The van der Waals surface area contributed by atoms with Crippen LogP contribution in [0.3, 0.4) is 0 Å². The smallest absolute Gasteiger partial charge is 0.318 e. The van der Waals surface area contributed by atoms with Crippen LogP contribution in [0.5, 0.6) is 0 Å². The summed E-state index contributed by atoms with van der Waals surface area (Å²) in [5, 5.41) is 6.05. The fourth-order valence-corrected chi connectivity index (χ4v) is 5.90. The number of rotatable bonds is 16. The van der Waals surface area contributed by atoms with Gasteiger partial charge in [-0.15, -0.1) is 0 Å². The van der Waals surface area contributed by atoms with E-state index in [4.69, 9.17) is 14.2 Å². The van der Waals surface area contributed by atoms with Gasteiger partial charge in [-0.05, 0) is 45.1 Å². The summed E-state index contributed by atoms with van der Waals surface area (Å²) in [5.41, 5.74) is 0.605. The van der Waals surface area contributed by atoms with Gasteiger partial charge in [0, 0.05) is 25.0 Å². The number of unbranched alkanes of at least 4 members (excludes halogenated alkanes) is 6. The molecule has 248 valence electrons. The molecule has 3 atom stereocenters.